The van der Waals surface area contributed by atoms with Gasteiger partial charge in [-0.1, -0.05) is 60.7 Å². The van der Waals surface area contributed by atoms with Crippen molar-refractivity contribution < 1.29 is 32.2 Å². The lowest BCUT2D eigenvalue weighted by Gasteiger charge is -2.65. The molecule has 10 heteroatoms. The van der Waals surface area contributed by atoms with Crippen molar-refractivity contribution in [3.63, 3.8) is 0 Å². The standard InChI is InChI=1S/C36H40N2O7S/c1-23-9-7-8-12-28(23)22-46(41,42)37-29-15-17-36(45-25(3)40)31-21-27-13-14-30(43-24(2)39)33-32(27)35(36,34(29)44-33)18-20-38(31)19-16-26-10-5-4-6-11-26/h4-14,29,31,34,37H,15-22H2,1-3H3/t29-,31+,34-,35-,36+/m0/s1. The summed E-state index contributed by atoms with van der Waals surface area (Å²) in [6.07, 6.45) is 2.29. The van der Waals surface area contributed by atoms with Crippen molar-refractivity contribution in [1.29, 1.82) is 0 Å². The molecule has 1 spiro atoms. The first-order valence-electron chi connectivity index (χ1n) is 16.1. The molecular weight excluding hydrogens is 604 g/mol. The van der Waals surface area contributed by atoms with E-state index in [1.54, 1.807) is 6.07 Å². The molecule has 2 heterocycles. The number of likely N-dealkylation sites (tertiary alicyclic amines) is 1. The second kappa shape index (κ2) is 11.5. The Labute approximate surface area is 270 Å². The van der Waals surface area contributed by atoms with Crippen LogP contribution in [0.2, 0.25) is 0 Å². The summed E-state index contributed by atoms with van der Waals surface area (Å²) in [4.78, 5) is 27.6. The van der Waals surface area contributed by atoms with Crippen LogP contribution in [0.3, 0.4) is 0 Å². The number of carbonyl (C=O) groups is 2. The highest BCUT2D eigenvalue weighted by Crippen LogP contribution is 2.66. The average Bonchev–Trinajstić information content (AvgIpc) is 3.36. The SMILES string of the molecule is CC(=O)Oc1ccc2c3c1O[C@H]1[C@@H](NS(=O)(=O)Cc4ccccc4C)CC[C@@]4(OC(C)=O)[C@@H](C2)N(CCc2ccccc2)CC[C@]314. The molecular formula is C36H40N2O7S. The largest absolute Gasteiger partial charge is 0.483 e. The molecule has 2 aliphatic carbocycles. The number of hydrogen-bond acceptors (Lipinski definition) is 8. The summed E-state index contributed by atoms with van der Waals surface area (Å²) in [6, 6.07) is 20.8. The van der Waals surface area contributed by atoms with E-state index >= 15 is 0 Å². The molecule has 3 aromatic rings. The Morgan fingerprint density at radius 1 is 1.00 bits per heavy atom. The molecule has 0 amide bonds. The Kier molecular flexibility index (Phi) is 7.73. The zero-order chi connectivity index (χ0) is 32.3. The summed E-state index contributed by atoms with van der Waals surface area (Å²) >= 11 is 0. The minimum Gasteiger partial charge on any atom is -0.483 e. The third-order valence-electron chi connectivity index (χ3n) is 10.6. The van der Waals surface area contributed by atoms with E-state index in [2.05, 4.69) is 21.8 Å². The van der Waals surface area contributed by atoms with E-state index in [9.17, 15) is 18.0 Å². The molecule has 0 radical (unpaired) electrons. The van der Waals surface area contributed by atoms with Gasteiger partial charge in [0.2, 0.25) is 10.0 Å². The number of carbonyl (C=O) groups excluding carboxylic acids is 2. The van der Waals surface area contributed by atoms with E-state index in [1.807, 2.05) is 55.5 Å². The molecule has 4 aliphatic rings. The van der Waals surface area contributed by atoms with Crippen LogP contribution in [0.4, 0.5) is 0 Å². The summed E-state index contributed by atoms with van der Waals surface area (Å²) in [5.41, 5.74) is 3.03. The number of nitrogens with zero attached hydrogens (tertiary/aromatic N) is 1. The number of ether oxygens (including phenoxy) is 3. The van der Waals surface area contributed by atoms with Gasteiger partial charge in [0.05, 0.1) is 23.3 Å². The lowest BCUT2D eigenvalue weighted by atomic mass is 9.48. The third kappa shape index (κ3) is 5.02. The van der Waals surface area contributed by atoms with Crippen molar-refractivity contribution in [1.82, 2.24) is 9.62 Å². The van der Waals surface area contributed by atoms with Crippen LogP contribution in [0.25, 0.3) is 0 Å². The lowest BCUT2D eigenvalue weighted by Crippen LogP contribution is -2.79. The van der Waals surface area contributed by atoms with E-state index in [0.717, 1.165) is 41.8 Å². The van der Waals surface area contributed by atoms with Crippen LogP contribution in [-0.2, 0) is 48.4 Å². The second-order valence-electron chi connectivity index (χ2n) is 13.2. The quantitative estimate of drug-likeness (QED) is 0.270. The predicted octanol–water partition coefficient (Wildman–Crippen LogP) is 4.38. The molecule has 1 saturated carbocycles. The summed E-state index contributed by atoms with van der Waals surface area (Å²) < 4.78 is 49.5. The molecule has 2 fully saturated rings. The molecule has 2 aliphatic heterocycles. The van der Waals surface area contributed by atoms with Gasteiger partial charge in [-0.25, -0.2) is 13.1 Å². The van der Waals surface area contributed by atoms with Gasteiger partial charge in [-0.3, -0.25) is 14.5 Å². The Morgan fingerprint density at radius 3 is 2.50 bits per heavy atom. The van der Waals surface area contributed by atoms with E-state index < -0.39 is 39.2 Å². The minimum absolute atomic E-state index is 0.137. The molecule has 9 nitrogen and oxygen atoms in total. The smallest absolute Gasteiger partial charge is 0.308 e. The minimum atomic E-state index is -3.78. The third-order valence-corrected chi connectivity index (χ3v) is 11.9. The summed E-state index contributed by atoms with van der Waals surface area (Å²) in [6.45, 7) is 6.21. The van der Waals surface area contributed by atoms with E-state index in [4.69, 9.17) is 14.2 Å². The number of aryl methyl sites for hydroxylation is 1. The van der Waals surface area contributed by atoms with Crippen LogP contribution in [0.15, 0.2) is 66.7 Å². The molecule has 1 saturated heterocycles. The van der Waals surface area contributed by atoms with E-state index in [1.165, 1.54) is 19.4 Å². The van der Waals surface area contributed by atoms with Gasteiger partial charge in [0.15, 0.2) is 11.5 Å². The second-order valence-corrected chi connectivity index (χ2v) is 15.0. The maximum absolute atomic E-state index is 13.7. The predicted molar refractivity (Wildman–Crippen MR) is 172 cm³/mol. The van der Waals surface area contributed by atoms with Crippen LogP contribution in [0, 0.1) is 6.92 Å². The van der Waals surface area contributed by atoms with Crippen LogP contribution >= 0.6 is 0 Å². The van der Waals surface area contributed by atoms with Crippen molar-refractivity contribution in [3.8, 4) is 11.5 Å². The number of benzene rings is 3. The van der Waals surface area contributed by atoms with Crippen molar-refractivity contribution >= 4 is 22.0 Å². The highest BCUT2D eigenvalue weighted by atomic mass is 32.2. The summed E-state index contributed by atoms with van der Waals surface area (Å²) in [5.74, 6) is -0.246. The fourth-order valence-electron chi connectivity index (χ4n) is 8.85. The van der Waals surface area contributed by atoms with Crippen molar-refractivity contribution in [2.45, 2.75) is 87.8 Å². The number of nitrogens with one attached hydrogen (secondary N) is 1. The fraction of sp³-hybridized carbons (Fsp3) is 0.444. The Hall–Kier alpha value is -3.73. The molecule has 1 N–H and O–H groups in total. The Balaban J connectivity index is 1.31. The van der Waals surface area contributed by atoms with Crippen LogP contribution in [0.1, 0.15) is 60.9 Å². The van der Waals surface area contributed by atoms with Crippen LogP contribution < -0.4 is 14.2 Å². The molecule has 0 aromatic heterocycles. The molecule has 0 unspecified atom stereocenters. The lowest BCUT2D eigenvalue weighted by molar-refractivity contribution is -0.218. The van der Waals surface area contributed by atoms with Gasteiger partial charge in [0, 0.05) is 26.0 Å². The van der Waals surface area contributed by atoms with E-state index in [-0.39, 0.29) is 17.8 Å². The van der Waals surface area contributed by atoms with Gasteiger partial charge in [0.25, 0.3) is 0 Å². The van der Waals surface area contributed by atoms with Gasteiger partial charge < -0.3 is 14.2 Å². The molecule has 5 atom stereocenters. The molecule has 242 valence electrons. The van der Waals surface area contributed by atoms with Gasteiger partial charge in [-0.05, 0) is 73.9 Å². The van der Waals surface area contributed by atoms with Crippen LogP contribution in [0.5, 0.6) is 11.5 Å². The van der Waals surface area contributed by atoms with E-state index in [0.29, 0.717) is 37.2 Å². The maximum atomic E-state index is 13.7. The van der Waals surface area contributed by atoms with Crippen molar-refractivity contribution in [3.05, 3.63) is 94.5 Å². The number of hydrogen-bond donors (Lipinski definition) is 1. The Bertz CT molecular complexity index is 1790. The molecule has 7 rings (SSSR count). The van der Waals surface area contributed by atoms with Crippen molar-refractivity contribution in [2.75, 3.05) is 13.1 Å². The maximum Gasteiger partial charge on any atom is 0.308 e. The van der Waals surface area contributed by atoms with Gasteiger partial charge >= 0.3 is 11.9 Å². The first-order valence-corrected chi connectivity index (χ1v) is 17.7. The van der Waals surface area contributed by atoms with Crippen LogP contribution in [-0.4, -0.2) is 62.1 Å². The number of rotatable bonds is 9. The average molecular weight is 645 g/mol. The molecule has 2 bridgehead atoms. The van der Waals surface area contributed by atoms with Gasteiger partial charge in [-0.15, -0.1) is 0 Å². The first-order chi connectivity index (χ1) is 22.0. The highest BCUT2D eigenvalue weighted by molar-refractivity contribution is 7.88. The van der Waals surface area contributed by atoms with Crippen molar-refractivity contribution in [2.24, 2.45) is 0 Å². The zero-order valence-electron chi connectivity index (χ0n) is 26.5. The first kappa shape index (κ1) is 30.9. The Morgan fingerprint density at radius 2 is 1.76 bits per heavy atom. The fourth-order valence-corrected chi connectivity index (χ4v) is 10.4. The van der Waals surface area contributed by atoms with Gasteiger partial charge in [0.1, 0.15) is 11.7 Å². The highest BCUT2D eigenvalue weighted by Gasteiger charge is 2.75. The number of sulfonamides is 1. The normalized spacial score (nSPS) is 27.8. The molecule has 46 heavy (non-hydrogen) atoms. The summed E-state index contributed by atoms with van der Waals surface area (Å²) in [7, 11) is -3.78. The zero-order valence-corrected chi connectivity index (χ0v) is 27.3. The molecule has 3 aromatic carbocycles. The number of piperidine rings is 1. The topological polar surface area (TPSA) is 111 Å². The number of esters is 2. The summed E-state index contributed by atoms with van der Waals surface area (Å²) in [5, 5.41) is 0. The van der Waals surface area contributed by atoms with Gasteiger partial charge in [-0.2, -0.15) is 0 Å². The monoisotopic (exact) mass is 644 g/mol.